The molecule has 0 bridgehead atoms. The topological polar surface area (TPSA) is 88.5 Å². The predicted molar refractivity (Wildman–Crippen MR) is 105 cm³/mol. The van der Waals surface area contributed by atoms with Crippen molar-refractivity contribution >= 4 is 17.6 Å². The van der Waals surface area contributed by atoms with Gasteiger partial charge >= 0.3 is 5.97 Å². The minimum absolute atomic E-state index is 0.00993. The fourth-order valence-corrected chi connectivity index (χ4v) is 3.75. The standard InChI is InChI=1S/C22H19N3O4/c1-14-11-16-7-3-4-8-18(16)25(14)19(26)13-28-22(27)20-15(2)29-21(17(20)12-23)24-9-5-6-10-24/h3-10,14H,11,13H2,1-2H3/t14-/m1/s1. The number of fused-ring (bicyclic) bond motifs is 1. The van der Waals surface area contributed by atoms with Gasteiger partial charge in [0.1, 0.15) is 23.0 Å². The highest BCUT2D eigenvalue weighted by Gasteiger charge is 2.32. The smallest absolute Gasteiger partial charge is 0.343 e. The van der Waals surface area contributed by atoms with Gasteiger partial charge < -0.3 is 14.1 Å². The number of rotatable bonds is 4. The van der Waals surface area contributed by atoms with Gasteiger partial charge in [0.15, 0.2) is 6.61 Å². The van der Waals surface area contributed by atoms with Crippen molar-refractivity contribution in [1.29, 1.82) is 5.26 Å². The lowest BCUT2D eigenvalue weighted by Gasteiger charge is -2.22. The largest absolute Gasteiger partial charge is 0.452 e. The quantitative estimate of drug-likeness (QED) is 0.638. The third-order valence-electron chi connectivity index (χ3n) is 5.02. The summed E-state index contributed by atoms with van der Waals surface area (Å²) < 4.78 is 12.5. The number of nitrogens with zero attached hydrogens (tertiary/aromatic N) is 3. The SMILES string of the molecule is Cc1oc(-n2cccc2)c(C#N)c1C(=O)OCC(=O)N1c2ccccc2C[C@H]1C. The first kappa shape index (κ1) is 18.6. The van der Waals surface area contributed by atoms with E-state index in [0.717, 1.165) is 17.7 Å². The number of amides is 1. The van der Waals surface area contributed by atoms with Gasteiger partial charge in [0.05, 0.1) is 0 Å². The van der Waals surface area contributed by atoms with Gasteiger partial charge in [-0.1, -0.05) is 18.2 Å². The minimum atomic E-state index is -0.755. The van der Waals surface area contributed by atoms with Crippen LogP contribution < -0.4 is 4.90 Å². The van der Waals surface area contributed by atoms with Crippen LogP contribution in [0.15, 0.2) is 53.2 Å². The molecule has 1 aromatic carbocycles. The molecule has 7 heteroatoms. The highest BCUT2D eigenvalue weighted by atomic mass is 16.5. The van der Waals surface area contributed by atoms with Crippen LogP contribution in [0, 0.1) is 18.3 Å². The maximum atomic E-state index is 12.7. The molecule has 0 N–H and O–H groups in total. The Hall–Kier alpha value is -3.79. The summed E-state index contributed by atoms with van der Waals surface area (Å²) in [6.07, 6.45) is 4.18. The lowest BCUT2D eigenvalue weighted by Crippen LogP contribution is -2.38. The second kappa shape index (κ2) is 7.32. The maximum absolute atomic E-state index is 12.7. The summed E-state index contributed by atoms with van der Waals surface area (Å²) in [5.41, 5.74) is 2.05. The number of furan rings is 1. The Morgan fingerprint density at radius 2 is 1.97 bits per heavy atom. The summed E-state index contributed by atoms with van der Waals surface area (Å²) in [6.45, 7) is 3.13. The number of carbonyl (C=O) groups excluding carboxylic acids is 2. The minimum Gasteiger partial charge on any atom is -0.452 e. The molecule has 0 unspecified atom stereocenters. The molecule has 2 aromatic heterocycles. The Labute approximate surface area is 167 Å². The number of aryl methyl sites for hydroxylation is 1. The molecule has 0 spiro atoms. The number of hydrogen-bond donors (Lipinski definition) is 0. The zero-order valence-electron chi connectivity index (χ0n) is 16.1. The molecule has 1 aliphatic heterocycles. The van der Waals surface area contributed by atoms with Crippen LogP contribution >= 0.6 is 0 Å². The second-order valence-electron chi connectivity index (χ2n) is 6.94. The fourth-order valence-electron chi connectivity index (χ4n) is 3.75. The first-order valence-corrected chi connectivity index (χ1v) is 9.25. The normalized spacial score (nSPS) is 15.1. The number of hydrogen-bond acceptors (Lipinski definition) is 5. The lowest BCUT2D eigenvalue weighted by molar-refractivity contribution is -0.122. The number of carbonyl (C=O) groups is 2. The Balaban J connectivity index is 1.53. The molecule has 4 rings (SSSR count). The predicted octanol–water partition coefficient (Wildman–Crippen LogP) is 3.39. The number of esters is 1. The molecule has 3 aromatic rings. The van der Waals surface area contributed by atoms with Crippen molar-refractivity contribution < 1.29 is 18.7 Å². The second-order valence-corrected chi connectivity index (χ2v) is 6.94. The highest BCUT2D eigenvalue weighted by Crippen LogP contribution is 2.32. The van der Waals surface area contributed by atoms with Crippen molar-refractivity contribution in [3.8, 4) is 12.0 Å². The third-order valence-corrected chi connectivity index (χ3v) is 5.02. The van der Waals surface area contributed by atoms with E-state index in [1.54, 1.807) is 40.9 Å². The van der Waals surface area contributed by atoms with Crippen molar-refractivity contribution in [2.45, 2.75) is 26.3 Å². The summed E-state index contributed by atoms with van der Waals surface area (Å²) in [5.74, 6) is -0.547. The number of aromatic nitrogens is 1. The van der Waals surface area contributed by atoms with Crippen LogP contribution in [0.2, 0.25) is 0 Å². The number of ether oxygens (including phenoxy) is 1. The van der Waals surface area contributed by atoms with Crippen molar-refractivity contribution in [1.82, 2.24) is 4.57 Å². The molecule has 146 valence electrons. The molecule has 1 amide bonds. The summed E-state index contributed by atoms with van der Waals surface area (Å²) in [6, 6.07) is 13.2. The van der Waals surface area contributed by atoms with Crippen molar-refractivity contribution in [3.63, 3.8) is 0 Å². The molecule has 0 saturated carbocycles. The summed E-state index contributed by atoms with van der Waals surface area (Å²) >= 11 is 0. The molecule has 3 heterocycles. The summed E-state index contributed by atoms with van der Waals surface area (Å²) in [7, 11) is 0. The molecule has 7 nitrogen and oxygen atoms in total. The van der Waals surface area contributed by atoms with Crippen LogP contribution in [-0.4, -0.2) is 29.1 Å². The van der Waals surface area contributed by atoms with E-state index < -0.39 is 12.6 Å². The van der Waals surface area contributed by atoms with Crippen molar-refractivity contribution in [2.75, 3.05) is 11.5 Å². The van der Waals surface area contributed by atoms with E-state index >= 15 is 0 Å². The number of anilines is 1. The molecule has 0 aliphatic carbocycles. The van der Waals surface area contributed by atoms with Crippen molar-refractivity contribution in [3.05, 3.63) is 71.2 Å². The van der Waals surface area contributed by atoms with Crippen LogP contribution in [0.25, 0.3) is 5.88 Å². The van der Waals surface area contributed by atoms with Gasteiger partial charge in [0.25, 0.3) is 5.91 Å². The van der Waals surface area contributed by atoms with Crippen LogP contribution in [0.5, 0.6) is 0 Å². The fraction of sp³-hybridized carbons (Fsp3) is 0.227. The summed E-state index contributed by atoms with van der Waals surface area (Å²) in [5, 5.41) is 9.55. The van der Waals surface area contributed by atoms with E-state index in [4.69, 9.17) is 9.15 Å². The van der Waals surface area contributed by atoms with Gasteiger partial charge in [-0.3, -0.25) is 9.36 Å². The van der Waals surface area contributed by atoms with E-state index in [0.29, 0.717) is 0 Å². The molecule has 1 aliphatic rings. The Morgan fingerprint density at radius 3 is 2.69 bits per heavy atom. The van der Waals surface area contributed by atoms with Gasteiger partial charge in [-0.2, -0.15) is 5.26 Å². The summed E-state index contributed by atoms with van der Waals surface area (Å²) in [4.78, 5) is 27.1. The monoisotopic (exact) mass is 389 g/mol. The molecule has 0 saturated heterocycles. The van der Waals surface area contributed by atoms with Gasteiger partial charge in [-0.15, -0.1) is 0 Å². The first-order valence-electron chi connectivity index (χ1n) is 9.25. The van der Waals surface area contributed by atoms with E-state index in [2.05, 4.69) is 0 Å². The molecule has 0 radical (unpaired) electrons. The van der Waals surface area contributed by atoms with Gasteiger partial charge in [-0.05, 0) is 44.0 Å². The van der Waals surface area contributed by atoms with Crippen LogP contribution in [-0.2, 0) is 16.0 Å². The first-order chi connectivity index (χ1) is 14.0. The lowest BCUT2D eigenvalue weighted by atomic mass is 10.1. The van der Waals surface area contributed by atoms with Gasteiger partial charge in [-0.25, -0.2) is 4.79 Å². The average molecular weight is 389 g/mol. The van der Waals surface area contributed by atoms with Crippen LogP contribution in [0.1, 0.15) is 34.2 Å². The number of nitriles is 1. The van der Waals surface area contributed by atoms with Gasteiger partial charge in [0, 0.05) is 24.1 Å². The van der Waals surface area contributed by atoms with E-state index in [1.807, 2.05) is 37.3 Å². The maximum Gasteiger partial charge on any atom is 0.343 e. The van der Waals surface area contributed by atoms with E-state index in [1.165, 1.54) is 0 Å². The third kappa shape index (κ3) is 3.19. The Morgan fingerprint density at radius 1 is 1.24 bits per heavy atom. The molecule has 1 atom stereocenters. The van der Waals surface area contributed by atoms with E-state index in [-0.39, 0.29) is 34.7 Å². The molecule has 29 heavy (non-hydrogen) atoms. The zero-order chi connectivity index (χ0) is 20.5. The Kier molecular flexibility index (Phi) is 4.69. The Bertz CT molecular complexity index is 1120. The van der Waals surface area contributed by atoms with Crippen LogP contribution in [0.4, 0.5) is 5.69 Å². The molecule has 0 fully saturated rings. The number of benzene rings is 1. The van der Waals surface area contributed by atoms with E-state index in [9.17, 15) is 14.9 Å². The zero-order valence-corrected chi connectivity index (χ0v) is 16.1. The average Bonchev–Trinajstić information content (AvgIpc) is 3.41. The molecular formula is C22H19N3O4. The number of para-hydroxylation sites is 1. The highest BCUT2D eigenvalue weighted by molar-refractivity contribution is 6.00. The van der Waals surface area contributed by atoms with Crippen LogP contribution in [0.3, 0.4) is 0 Å². The van der Waals surface area contributed by atoms with Crippen molar-refractivity contribution in [2.24, 2.45) is 0 Å². The van der Waals surface area contributed by atoms with Gasteiger partial charge in [0.2, 0.25) is 5.88 Å². The molecular weight excluding hydrogens is 370 g/mol.